The summed E-state index contributed by atoms with van der Waals surface area (Å²) in [6.07, 6.45) is 1.88. The van der Waals surface area contributed by atoms with Crippen LogP contribution in [0.4, 0.5) is 0 Å². The van der Waals surface area contributed by atoms with E-state index in [1.54, 1.807) is 0 Å². The Kier molecular flexibility index (Phi) is 4.82. The first kappa shape index (κ1) is 8.17. The highest BCUT2D eigenvalue weighted by Crippen LogP contribution is 1.83. The van der Waals surface area contributed by atoms with Crippen molar-refractivity contribution in [1.82, 2.24) is 0 Å². The van der Waals surface area contributed by atoms with Gasteiger partial charge in [-0.05, 0) is 6.42 Å². The van der Waals surface area contributed by atoms with Gasteiger partial charge in [-0.2, -0.15) is 4.89 Å². The molecule has 3 nitrogen and oxygen atoms in total. The van der Waals surface area contributed by atoms with E-state index in [0.29, 0.717) is 6.61 Å². The molecule has 0 fully saturated rings. The Morgan fingerprint density at radius 1 is 1.78 bits per heavy atom. The third kappa shape index (κ3) is 5.03. The lowest BCUT2D eigenvalue weighted by atomic mass is 10.5. The molecule has 0 aromatic rings. The zero-order valence-electron chi connectivity index (χ0n) is 5.42. The SMILES string of the molecule is C=CC(=O)OOCCC. The summed E-state index contributed by atoms with van der Waals surface area (Å²) >= 11 is 0. The quantitative estimate of drug-likeness (QED) is 0.247. The monoisotopic (exact) mass is 130 g/mol. The van der Waals surface area contributed by atoms with Crippen molar-refractivity contribution in [3.63, 3.8) is 0 Å². The molecule has 0 amide bonds. The predicted octanol–water partition coefficient (Wildman–Crippen LogP) is 1.06. The van der Waals surface area contributed by atoms with Crippen molar-refractivity contribution >= 4 is 5.97 Å². The van der Waals surface area contributed by atoms with E-state index in [2.05, 4.69) is 16.4 Å². The van der Waals surface area contributed by atoms with Crippen LogP contribution in [0, 0.1) is 0 Å². The molecule has 0 saturated heterocycles. The van der Waals surface area contributed by atoms with Gasteiger partial charge in [0.15, 0.2) is 0 Å². The number of hydrogen-bond donors (Lipinski definition) is 0. The fourth-order valence-electron chi connectivity index (χ4n) is 0.217. The second kappa shape index (κ2) is 5.31. The molecular weight excluding hydrogens is 120 g/mol. The second-order valence-electron chi connectivity index (χ2n) is 1.43. The van der Waals surface area contributed by atoms with Gasteiger partial charge in [0.05, 0.1) is 6.61 Å². The summed E-state index contributed by atoms with van der Waals surface area (Å²) in [6.45, 7) is 5.53. The van der Waals surface area contributed by atoms with Crippen molar-refractivity contribution in [2.24, 2.45) is 0 Å². The summed E-state index contributed by atoms with van der Waals surface area (Å²) in [7, 11) is 0. The molecule has 0 aromatic heterocycles. The first-order valence-electron chi connectivity index (χ1n) is 2.77. The van der Waals surface area contributed by atoms with Crippen LogP contribution < -0.4 is 0 Å². The summed E-state index contributed by atoms with van der Waals surface area (Å²) < 4.78 is 0. The van der Waals surface area contributed by atoms with Crippen molar-refractivity contribution in [3.05, 3.63) is 12.7 Å². The van der Waals surface area contributed by atoms with Crippen molar-refractivity contribution < 1.29 is 14.6 Å². The topological polar surface area (TPSA) is 35.5 Å². The van der Waals surface area contributed by atoms with Gasteiger partial charge in [-0.25, -0.2) is 4.79 Å². The molecule has 0 radical (unpaired) electrons. The summed E-state index contributed by atoms with van der Waals surface area (Å²) in [5, 5.41) is 0. The Morgan fingerprint density at radius 2 is 2.44 bits per heavy atom. The molecule has 0 bridgehead atoms. The Morgan fingerprint density at radius 3 is 2.89 bits per heavy atom. The average Bonchev–Trinajstić information content (AvgIpc) is 1.89. The Bertz CT molecular complexity index is 98.5. The Labute approximate surface area is 54.2 Å². The fraction of sp³-hybridized carbons (Fsp3) is 0.500. The second-order valence-corrected chi connectivity index (χ2v) is 1.43. The van der Waals surface area contributed by atoms with Crippen LogP contribution >= 0.6 is 0 Å². The van der Waals surface area contributed by atoms with Crippen LogP contribution in [0.25, 0.3) is 0 Å². The number of rotatable bonds is 4. The number of carbonyl (C=O) groups excluding carboxylic acids is 1. The molecule has 0 atom stereocenters. The molecule has 0 unspecified atom stereocenters. The van der Waals surface area contributed by atoms with E-state index < -0.39 is 5.97 Å². The zero-order valence-corrected chi connectivity index (χ0v) is 5.42. The fourth-order valence-corrected chi connectivity index (χ4v) is 0.217. The molecule has 52 valence electrons. The maximum absolute atomic E-state index is 10.2. The summed E-state index contributed by atoms with van der Waals surface area (Å²) in [4.78, 5) is 18.8. The highest BCUT2D eigenvalue weighted by Gasteiger charge is 1.92. The normalized spacial score (nSPS) is 8.56. The summed E-state index contributed by atoms with van der Waals surface area (Å²) in [5.74, 6) is -0.552. The van der Waals surface area contributed by atoms with Crippen molar-refractivity contribution in [3.8, 4) is 0 Å². The van der Waals surface area contributed by atoms with Crippen LogP contribution in [0.2, 0.25) is 0 Å². The van der Waals surface area contributed by atoms with Crippen LogP contribution in [0.5, 0.6) is 0 Å². The van der Waals surface area contributed by atoms with E-state index in [1.165, 1.54) is 0 Å². The number of hydrogen-bond acceptors (Lipinski definition) is 3. The van der Waals surface area contributed by atoms with Crippen LogP contribution in [0.3, 0.4) is 0 Å². The molecule has 3 heteroatoms. The summed E-state index contributed by atoms with van der Waals surface area (Å²) in [6, 6.07) is 0. The van der Waals surface area contributed by atoms with Crippen LogP contribution in [0.15, 0.2) is 12.7 Å². The first-order valence-corrected chi connectivity index (χ1v) is 2.77. The molecule has 0 heterocycles. The molecule has 0 N–H and O–H groups in total. The summed E-state index contributed by atoms with van der Waals surface area (Å²) in [5.41, 5.74) is 0. The molecule has 0 aliphatic carbocycles. The van der Waals surface area contributed by atoms with E-state index in [0.717, 1.165) is 12.5 Å². The van der Waals surface area contributed by atoms with Gasteiger partial charge in [-0.1, -0.05) is 13.5 Å². The van der Waals surface area contributed by atoms with Crippen LogP contribution in [-0.4, -0.2) is 12.6 Å². The lowest BCUT2D eigenvalue weighted by Gasteiger charge is -1.96. The molecule has 0 saturated carbocycles. The molecule has 0 aromatic carbocycles. The maximum atomic E-state index is 10.2. The Hall–Kier alpha value is -0.830. The van der Waals surface area contributed by atoms with E-state index in [-0.39, 0.29) is 0 Å². The van der Waals surface area contributed by atoms with Gasteiger partial charge in [0.25, 0.3) is 0 Å². The lowest BCUT2D eigenvalue weighted by molar-refractivity contribution is -0.267. The van der Waals surface area contributed by atoms with Gasteiger partial charge in [0, 0.05) is 6.08 Å². The third-order valence-electron chi connectivity index (χ3n) is 0.595. The van der Waals surface area contributed by atoms with Crippen LogP contribution in [-0.2, 0) is 14.6 Å². The number of carbonyl (C=O) groups is 1. The Balaban J connectivity index is 3.07. The standard InChI is InChI=1S/C6H10O3/c1-3-5-8-9-6(7)4-2/h4H,2-3,5H2,1H3. The van der Waals surface area contributed by atoms with E-state index in [9.17, 15) is 4.79 Å². The minimum absolute atomic E-state index is 0.430. The minimum Gasteiger partial charge on any atom is -0.294 e. The molecule has 9 heavy (non-hydrogen) atoms. The minimum atomic E-state index is -0.552. The van der Waals surface area contributed by atoms with Gasteiger partial charge in [-0.3, -0.25) is 4.89 Å². The zero-order chi connectivity index (χ0) is 7.11. The van der Waals surface area contributed by atoms with E-state index in [4.69, 9.17) is 0 Å². The van der Waals surface area contributed by atoms with Crippen molar-refractivity contribution in [2.75, 3.05) is 6.61 Å². The smallest absolute Gasteiger partial charge is 0.294 e. The largest absolute Gasteiger partial charge is 0.365 e. The van der Waals surface area contributed by atoms with Gasteiger partial charge in [0.2, 0.25) is 0 Å². The predicted molar refractivity (Wildman–Crippen MR) is 32.5 cm³/mol. The molecular formula is C6H10O3. The van der Waals surface area contributed by atoms with Crippen molar-refractivity contribution in [2.45, 2.75) is 13.3 Å². The molecule has 0 spiro atoms. The van der Waals surface area contributed by atoms with Gasteiger partial charge >= 0.3 is 5.97 Å². The van der Waals surface area contributed by atoms with Crippen molar-refractivity contribution in [1.29, 1.82) is 0 Å². The van der Waals surface area contributed by atoms with E-state index in [1.807, 2.05) is 6.92 Å². The average molecular weight is 130 g/mol. The van der Waals surface area contributed by atoms with Gasteiger partial charge in [-0.15, -0.1) is 0 Å². The third-order valence-corrected chi connectivity index (χ3v) is 0.595. The molecule has 0 aliphatic rings. The molecule has 0 aliphatic heterocycles. The van der Waals surface area contributed by atoms with E-state index >= 15 is 0 Å². The van der Waals surface area contributed by atoms with Gasteiger partial charge < -0.3 is 0 Å². The maximum Gasteiger partial charge on any atom is 0.365 e. The first-order chi connectivity index (χ1) is 4.31. The highest BCUT2D eigenvalue weighted by atomic mass is 17.2. The highest BCUT2D eigenvalue weighted by molar-refractivity contribution is 5.80. The van der Waals surface area contributed by atoms with Crippen LogP contribution in [0.1, 0.15) is 13.3 Å². The molecule has 0 rings (SSSR count). The lowest BCUT2D eigenvalue weighted by Crippen LogP contribution is -2.01. The van der Waals surface area contributed by atoms with Gasteiger partial charge in [0.1, 0.15) is 0 Å².